The van der Waals surface area contributed by atoms with E-state index in [9.17, 15) is 9.59 Å². The van der Waals surface area contributed by atoms with E-state index >= 15 is 0 Å². The summed E-state index contributed by atoms with van der Waals surface area (Å²) in [6.45, 7) is 4.11. The number of benzene rings is 3. The molecule has 2 amide bonds. The first-order valence-corrected chi connectivity index (χ1v) is 11.7. The van der Waals surface area contributed by atoms with Gasteiger partial charge in [-0.15, -0.1) is 0 Å². The van der Waals surface area contributed by atoms with Crippen LogP contribution in [0.15, 0.2) is 78.9 Å². The standard InChI is InChI=1S/C28H31ClN2O3/c1-20(2)30-28(33)26(17-21-8-5-4-6-9-21)31(19-23-10-7-11-24(29)16-23)27(32)18-22-12-14-25(34-3)15-13-22/h4-16,20,26H,17-19H2,1-3H3,(H,30,33). The summed E-state index contributed by atoms with van der Waals surface area (Å²) in [5.74, 6) is 0.416. The van der Waals surface area contributed by atoms with Crippen LogP contribution in [0.1, 0.15) is 30.5 Å². The molecule has 0 saturated carbocycles. The van der Waals surface area contributed by atoms with Gasteiger partial charge in [0.15, 0.2) is 0 Å². The molecule has 3 aromatic rings. The van der Waals surface area contributed by atoms with Crippen LogP contribution in [0.3, 0.4) is 0 Å². The van der Waals surface area contributed by atoms with Gasteiger partial charge in [0, 0.05) is 24.0 Å². The van der Waals surface area contributed by atoms with E-state index in [1.807, 2.05) is 86.6 Å². The highest BCUT2D eigenvalue weighted by molar-refractivity contribution is 6.30. The molecule has 0 spiro atoms. The summed E-state index contributed by atoms with van der Waals surface area (Å²) in [5, 5.41) is 3.59. The third-order valence-electron chi connectivity index (χ3n) is 5.46. The maximum Gasteiger partial charge on any atom is 0.243 e. The Kier molecular flexibility index (Phi) is 9.11. The second-order valence-electron chi connectivity index (χ2n) is 8.55. The minimum atomic E-state index is -0.672. The second-order valence-corrected chi connectivity index (χ2v) is 8.98. The average Bonchev–Trinajstić information content (AvgIpc) is 2.82. The van der Waals surface area contributed by atoms with Crippen molar-refractivity contribution >= 4 is 23.4 Å². The Balaban J connectivity index is 1.95. The van der Waals surface area contributed by atoms with E-state index < -0.39 is 6.04 Å². The summed E-state index contributed by atoms with van der Waals surface area (Å²) in [5.41, 5.74) is 2.70. The first kappa shape index (κ1) is 25.3. The van der Waals surface area contributed by atoms with Gasteiger partial charge >= 0.3 is 0 Å². The molecule has 0 aromatic heterocycles. The number of hydrogen-bond acceptors (Lipinski definition) is 3. The lowest BCUT2D eigenvalue weighted by molar-refractivity contribution is -0.141. The van der Waals surface area contributed by atoms with Gasteiger partial charge in [0.25, 0.3) is 0 Å². The molecule has 178 valence electrons. The monoisotopic (exact) mass is 478 g/mol. The lowest BCUT2D eigenvalue weighted by Crippen LogP contribution is -2.52. The number of nitrogens with zero attached hydrogens (tertiary/aromatic N) is 1. The van der Waals surface area contributed by atoms with Crippen LogP contribution >= 0.6 is 11.6 Å². The van der Waals surface area contributed by atoms with Gasteiger partial charge in [0.05, 0.1) is 13.5 Å². The van der Waals surface area contributed by atoms with Crippen LogP contribution in [-0.2, 0) is 29.0 Å². The van der Waals surface area contributed by atoms with Gasteiger partial charge in [-0.05, 0) is 54.8 Å². The van der Waals surface area contributed by atoms with Gasteiger partial charge in [0.1, 0.15) is 11.8 Å². The molecule has 6 heteroatoms. The molecule has 0 bridgehead atoms. The SMILES string of the molecule is COc1ccc(CC(=O)N(Cc2cccc(Cl)c2)C(Cc2ccccc2)C(=O)NC(C)C)cc1. The highest BCUT2D eigenvalue weighted by Gasteiger charge is 2.30. The van der Waals surface area contributed by atoms with E-state index in [1.165, 1.54) is 0 Å². The minimum Gasteiger partial charge on any atom is -0.497 e. The van der Waals surface area contributed by atoms with Crippen LogP contribution in [0.5, 0.6) is 5.75 Å². The van der Waals surface area contributed by atoms with Crippen LogP contribution in [0.25, 0.3) is 0 Å². The molecule has 0 aliphatic heterocycles. The summed E-state index contributed by atoms with van der Waals surface area (Å²) in [4.78, 5) is 28.7. The maximum absolute atomic E-state index is 13.7. The fourth-order valence-corrected chi connectivity index (χ4v) is 4.00. The minimum absolute atomic E-state index is 0.0458. The van der Waals surface area contributed by atoms with Crippen LogP contribution < -0.4 is 10.1 Å². The first-order chi connectivity index (χ1) is 16.4. The number of rotatable bonds is 10. The predicted octanol–water partition coefficient (Wildman–Crippen LogP) is 5.06. The Morgan fingerprint density at radius 1 is 0.912 bits per heavy atom. The van der Waals surface area contributed by atoms with Gasteiger partial charge in [-0.3, -0.25) is 9.59 Å². The van der Waals surface area contributed by atoms with Crippen molar-refractivity contribution in [1.29, 1.82) is 0 Å². The number of nitrogens with one attached hydrogen (secondary N) is 1. The van der Waals surface area contributed by atoms with Crippen molar-refractivity contribution in [2.24, 2.45) is 0 Å². The third kappa shape index (κ3) is 7.35. The molecule has 3 rings (SSSR count). The molecule has 0 aliphatic carbocycles. The van der Waals surface area contributed by atoms with Crippen molar-refractivity contribution in [2.45, 2.75) is 45.3 Å². The van der Waals surface area contributed by atoms with Gasteiger partial charge < -0.3 is 15.0 Å². The average molecular weight is 479 g/mol. The van der Waals surface area contributed by atoms with Crippen molar-refractivity contribution in [2.75, 3.05) is 7.11 Å². The zero-order chi connectivity index (χ0) is 24.5. The van der Waals surface area contributed by atoms with E-state index in [0.29, 0.717) is 11.4 Å². The van der Waals surface area contributed by atoms with Crippen LogP contribution in [0.2, 0.25) is 5.02 Å². The predicted molar refractivity (Wildman–Crippen MR) is 136 cm³/mol. The second kappa shape index (κ2) is 12.2. The van der Waals surface area contributed by atoms with E-state index in [1.54, 1.807) is 18.1 Å². The van der Waals surface area contributed by atoms with Crippen molar-refractivity contribution < 1.29 is 14.3 Å². The molecular weight excluding hydrogens is 448 g/mol. The summed E-state index contributed by atoms with van der Waals surface area (Å²) < 4.78 is 5.22. The van der Waals surface area contributed by atoms with E-state index in [2.05, 4.69) is 5.32 Å². The van der Waals surface area contributed by atoms with Gasteiger partial charge in [-0.2, -0.15) is 0 Å². The molecule has 1 N–H and O–H groups in total. The molecule has 5 nitrogen and oxygen atoms in total. The van der Waals surface area contributed by atoms with E-state index in [0.717, 1.165) is 22.4 Å². The zero-order valence-electron chi connectivity index (χ0n) is 19.8. The zero-order valence-corrected chi connectivity index (χ0v) is 20.6. The fraction of sp³-hybridized carbons (Fsp3) is 0.286. The normalized spacial score (nSPS) is 11.7. The van der Waals surface area contributed by atoms with Crippen molar-refractivity contribution in [3.8, 4) is 5.75 Å². The first-order valence-electron chi connectivity index (χ1n) is 11.4. The third-order valence-corrected chi connectivity index (χ3v) is 5.69. The maximum atomic E-state index is 13.7. The number of ether oxygens (including phenoxy) is 1. The molecular formula is C28H31ClN2O3. The number of hydrogen-bond donors (Lipinski definition) is 1. The fourth-order valence-electron chi connectivity index (χ4n) is 3.79. The Labute approximate surface area is 206 Å². The molecule has 1 unspecified atom stereocenters. The molecule has 0 heterocycles. The van der Waals surface area contributed by atoms with E-state index in [-0.39, 0.29) is 30.8 Å². The molecule has 0 fully saturated rings. The summed E-state index contributed by atoms with van der Waals surface area (Å²) in [6.07, 6.45) is 0.582. The Morgan fingerprint density at radius 2 is 1.59 bits per heavy atom. The molecule has 0 radical (unpaired) electrons. The number of methoxy groups -OCH3 is 1. The summed E-state index contributed by atoms with van der Waals surface area (Å²) in [7, 11) is 1.61. The molecule has 3 aromatic carbocycles. The summed E-state index contributed by atoms with van der Waals surface area (Å²) in [6, 6.07) is 23.8. The number of halogens is 1. The van der Waals surface area contributed by atoms with Crippen molar-refractivity contribution in [3.63, 3.8) is 0 Å². The van der Waals surface area contributed by atoms with Crippen molar-refractivity contribution in [1.82, 2.24) is 10.2 Å². The van der Waals surface area contributed by atoms with Gasteiger partial charge in [-0.1, -0.05) is 66.2 Å². The quantitative estimate of drug-likeness (QED) is 0.443. The molecule has 34 heavy (non-hydrogen) atoms. The van der Waals surface area contributed by atoms with Crippen LogP contribution in [0.4, 0.5) is 0 Å². The van der Waals surface area contributed by atoms with Gasteiger partial charge in [-0.25, -0.2) is 0 Å². The molecule has 1 atom stereocenters. The molecule has 0 aliphatic rings. The summed E-state index contributed by atoms with van der Waals surface area (Å²) >= 11 is 6.21. The highest BCUT2D eigenvalue weighted by Crippen LogP contribution is 2.19. The lowest BCUT2D eigenvalue weighted by Gasteiger charge is -2.32. The largest absolute Gasteiger partial charge is 0.497 e. The van der Waals surface area contributed by atoms with Crippen LogP contribution in [0, 0.1) is 0 Å². The topological polar surface area (TPSA) is 58.6 Å². The van der Waals surface area contributed by atoms with Crippen LogP contribution in [-0.4, -0.2) is 35.9 Å². The van der Waals surface area contributed by atoms with Gasteiger partial charge in [0.2, 0.25) is 11.8 Å². The number of carbonyl (C=O) groups is 2. The molecule has 0 saturated heterocycles. The Morgan fingerprint density at radius 3 is 2.21 bits per heavy atom. The Bertz CT molecular complexity index is 1080. The Hall–Kier alpha value is -3.31. The van der Waals surface area contributed by atoms with Crippen molar-refractivity contribution in [3.05, 3.63) is 101 Å². The lowest BCUT2D eigenvalue weighted by atomic mass is 10.0. The highest BCUT2D eigenvalue weighted by atomic mass is 35.5. The van der Waals surface area contributed by atoms with E-state index in [4.69, 9.17) is 16.3 Å². The number of carbonyl (C=O) groups excluding carboxylic acids is 2. The smallest absolute Gasteiger partial charge is 0.243 e. The number of amides is 2.